The molecule has 2 aliphatic rings. The summed E-state index contributed by atoms with van der Waals surface area (Å²) in [6, 6.07) is 0. The number of carbonyl (C=O) groups is 2. The Bertz CT molecular complexity index is 687. The van der Waals surface area contributed by atoms with E-state index in [4.69, 9.17) is 4.74 Å². The van der Waals surface area contributed by atoms with Gasteiger partial charge in [-0.3, -0.25) is 9.59 Å². The maximum Gasteiger partial charge on any atom is 0.227 e. The molecule has 27 heavy (non-hydrogen) atoms. The number of piperidine rings is 1. The molecule has 3 rings (SSSR count). The van der Waals surface area contributed by atoms with Gasteiger partial charge in [-0.05, 0) is 26.7 Å². The molecule has 0 aliphatic carbocycles. The van der Waals surface area contributed by atoms with Crippen LogP contribution in [0.5, 0.6) is 0 Å². The number of nitrogens with zero attached hydrogens (tertiary/aromatic N) is 5. The lowest BCUT2D eigenvalue weighted by atomic mass is 9.95. The summed E-state index contributed by atoms with van der Waals surface area (Å²) >= 11 is 0. The molecule has 0 aromatic carbocycles. The summed E-state index contributed by atoms with van der Waals surface area (Å²) in [5.41, 5.74) is 0. The van der Waals surface area contributed by atoms with Crippen molar-refractivity contribution in [3.8, 4) is 0 Å². The topological polar surface area (TPSA) is 80.6 Å². The van der Waals surface area contributed by atoms with Gasteiger partial charge in [-0.25, -0.2) is 9.67 Å². The Kier molecular flexibility index (Phi) is 6.14. The fourth-order valence-corrected chi connectivity index (χ4v) is 3.96. The van der Waals surface area contributed by atoms with Crippen LogP contribution in [-0.4, -0.2) is 75.3 Å². The van der Waals surface area contributed by atoms with E-state index in [1.54, 1.807) is 0 Å². The average Bonchev–Trinajstić information content (AvgIpc) is 2.97. The minimum atomic E-state index is -0.101. The largest absolute Gasteiger partial charge is 0.373 e. The molecule has 1 aromatic rings. The predicted molar refractivity (Wildman–Crippen MR) is 100.0 cm³/mol. The molecule has 2 aliphatic heterocycles. The highest BCUT2D eigenvalue weighted by Gasteiger charge is 2.34. The Morgan fingerprint density at radius 1 is 1.19 bits per heavy atom. The zero-order chi connectivity index (χ0) is 19.6. The normalized spacial score (nSPS) is 23.7. The molecule has 2 saturated heterocycles. The van der Waals surface area contributed by atoms with E-state index in [0.717, 1.165) is 31.0 Å². The molecule has 0 N–H and O–H groups in total. The summed E-state index contributed by atoms with van der Waals surface area (Å²) in [4.78, 5) is 33.4. The Labute approximate surface area is 160 Å². The number of ether oxygens (including phenoxy) is 1. The van der Waals surface area contributed by atoms with Crippen molar-refractivity contribution in [2.75, 3.05) is 32.8 Å². The Hall–Kier alpha value is -1.96. The third kappa shape index (κ3) is 4.66. The number of aromatic nitrogens is 3. The van der Waals surface area contributed by atoms with Gasteiger partial charge in [0.15, 0.2) is 0 Å². The van der Waals surface area contributed by atoms with Crippen molar-refractivity contribution in [1.29, 1.82) is 0 Å². The van der Waals surface area contributed by atoms with E-state index in [0.29, 0.717) is 32.8 Å². The molecule has 1 aromatic heterocycles. The van der Waals surface area contributed by atoms with Gasteiger partial charge in [-0.1, -0.05) is 13.8 Å². The number of hydrogen-bond donors (Lipinski definition) is 0. The van der Waals surface area contributed by atoms with Crippen LogP contribution in [0.3, 0.4) is 0 Å². The monoisotopic (exact) mass is 377 g/mol. The van der Waals surface area contributed by atoms with Crippen molar-refractivity contribution < 1.29 is 14.3 Å². The molecule has 0 saturated carbocycles. The van der Waals surface area contributed by atoms with Crippen LogP contribution in [0.1, 0.15) is 38.3 Å². The standard InChI is InChI=1S/C19H31N5O3/c1-13(2)18(25)22-7-5-6-16(10-22)19(26)23-8-9-27-17(11-23)12-24-15(4)20-14(3)21-24/h13,16-17H,5-12H2,1-4H3/t16-,17-/m0/s1. The van der Waals surface area contributed by atoms with Crippen molar-refractivity contribution in [3.63, 3.8) is 0 Å². The minimum Gasteiger partial charge on any atom is -0.373 e. The Morgan fingerprint density at radius 3 is 2.63 bits per heavy atom. The molecular weight excluding hydrogens is 346 g/mol. The Balaban J connectivity index is 1.59. The highest BCUT2D eigenvalue weighted by molar-refractivity contribution is 5.82. The van der Waals surface area contributed by atoms with E-state index in [-0.39, 0.29) is 29.8 Å². The summed E-state index contributed by atoms with van der Waals surface area (Å²) in [6.45, 7) is 11.2. The average molecular weight is 377 g/mol. The Morgan fingerprint density at radius 2 is 1.96 bits per heavy atom. The first-order valence-electron chi connectivity index (χ1n) is 9.92. The summed E-state index contributed by atoms with van der Waals surface area (Å²) < 4.78 is 7.70. The van der Waals surface area contributed by atoms with Gasteiger partial charge in [0.25, 0.3) is 0 Å². The summed E-state index contributed by atoms with van der Waals surface area (Å²) in [7, 11) is 0. The highest BCUT2D eigenvalue weighted by atomic mass is 16.5. The summed E-state index contributed by atoms with van der Waals surface area (Å²) in [5.74, 6) is 1.76. The van der Waals surface area contributed by atoms with Gasteiger partial charge in [0, 0.05) is 32.1 Å². The van der Waals surface area contributed by atoms with Crippen molar-refractivity contribution in [1.82, 2.24) is 24.6 Å². The van der Waals surface area contributed by atoms with Crippen molar-refractivity contribution in [2.24, 2.45) is 11.8 Å². The third-order valence-corrected chi connectivity index (χ3v) is 5.37. The molecule has 8 nitrogen and oxygen atoms in total. The first-order valence-corrected chi connectivity index (χ1v) is 9.92. The molecule has 0 spiro atoms. The smallest absolute Gasteiger partial charge is 0.227 e. The number of hydrogen-bond acceptors (Lipinski definition) is 5. The van der Waals surface area contributed by atoms with E-state index in [2.05, 4.69) is 10.1 Å². The fraction of sp³-hybridized carbons (Fsp3) is 0.789. The SMILES string of the molecule is Cc1nc(C)n(C[C@@H]2CN(C(=O)[C@H]3CCCN(C(=O)C(C)C)C3)CCO2)n1. The zero-order valence-corrected chi connectivity index (χ0v) is 16.8. The predicted octanol–water partition coefficient (Wildman–Crippen LogP) is 1.02. The second-order valence-electron chi connectivity index (χ2n) is 7.94. The molecule has 150 valence electrons. The molecule has 0 unspecified atom stereocenters. The second-order valence-corrected chi connectivity index (χ2v) is 7.94. The minimum absolute atomic E-state index is 0.0269. The summed E-state index contributed by atoms with van der Waals surface area (Å²) in [5, 5.41) is 4.39. The van der Waals surface area contributed by atoms with Crippen LogP contribution >= 0.6 is 0 Å². The number of aryl methyl sites for hydroxylation is 2. The van der Waals surface area contributed by atoms with Crippen LogP contribution < -0.4 is 0 Å². The van der Waals surface area contributed by atoms with Gasteiger partial charge in [0.1, 0.15) is 11.6 Å². The molecule has 3 heterocycles. The molecule has 2 atom stereocenters. The number of likely N-dealkylation sites (tertiary alicyclic amines) is 1. The quantitative estimate of drug-likeness (QED) is 0.783. The first kappa shape index (κ1) is 19.8. The van der Waals surface area contributed by atoms with Crippen LogP contribution in [0.4, 0.5) is 0 Å². The second kappa shape index (κ2) is 8.37. The van der Waals surface area contributed by atoms with Gasteiger partial charge in [-0.2, -0.15) is 5.10 Å². The van der Waals surface area contributed by atoms with Crippen LogP contribution in [0, 0.1) is 25.7 Å². The maximum atomic E-state index is 13.1. The third-order valence-electron chi connectivity index (χ3n) is 5.37. The van der Waals surface area contributed by atoms with E-state index in [9.17, 15) is 9.59 Å². The van der Waals surface area contributed by atoms with Gasteiger partial charge < -0.3 is 14.5 Å². The van der Waals surface area contributed by atoms with E-state index < -0.39 is 0 Å². The number of morpholine rings is 1. The first-order chi connectivity index (χ1) is 12.8. The van der Waals surface area contributed by atoms with Crippen molar-refractivity contribution in [3.05, 3.63) is 11.6 Å². The molecule has 0 radical (unpaired) electrons. The van der Waals surface area contributed by atoms with E-state index in [1.807, 2.05) is 42.2 Å². The zero-order valence-electron chi connectivity index (χ0n) is 16.8. The van der Waals surface area contributed by atoms with Crippen LogP contribution in [0.15, 0.2) is 0 Å². The molecule has 0 bridgehead atoms. The maximum absolute atomic E-state index is 13.1. The van der Waals surface area contributed by atoms with Crippen molar-refractivity contribution in [2.45, 2.75) is 53.2 Å². The van der Waals surface area contributed by atoms with Crippen LogP contribution in [0.25, 0.3) is 0 Å². The number of carbonyl (C=O) groups excluding carboxylic acids is 2. The van der Waals surface area contributed by atoms with E-state index in [1.165, 1.54) is 0 Å². The van der Waals surface area contributed by atoms with Crippen LogP contribution in [0.2, 0.25) is 0 Å². The molecular formula is C19H31N5O3. The number of amides is 2. The van der Waals surface area contributed by atoms with Gasteiger partial charge >= 0.3 is 0 Å². The summed E-state index contributed by atoms with van der Waals surface area (Å²) in [6.07, 6.45) is 1.66. The highest BCUT2D eigenvalue weighted by Crippen LogP contribution is 2.22. The van der Waals surface area contributed by atoms with Gasteiger partial charge in [-0.15, -0.1) is 0 Å². The molecule has 8 heteroatoms. The number of rotatable bonds is 4. The van der Waals surface area contributed by atoms with Gasteiger partial charge in [0.05, 0.1) is 25.2 Å². The molecule has 2 fully saturated rings. The lowest BCUT2D eigenvalue weighted by Gasteiger charge is -2.38. The molecule has 2 amide bonds. The van der Waals surface area contributed by atoms with Gasteiger partial charge in [0.2, 0.25) is 11.8 Å². The lowest BCUT2D eigenvalue weighted by molar-refractivity contribution is -0.148. The van der Waals surface area contributed by atoms with Crippen LogP contribution in [-0.2, 0) is 20.9 Å². The lowest BCUT2D eigenvalue weighted by Crippen LogP contribution is -2.52. The fourth-order valence-electron chi connectivity index (χ4n) is 3.96. The van der Waals surface area contributed by atoms with Crippen molar-refractivity contribution >= 4 is 11.8 Å². The van der Waals surface area contributed by atoms with E-state index >= 15 is 0 Å².